The van der Waals surface area contributed by atoms with Crippen molar-refractivity contribution < 1.29 is 12.9 Å². The topological polar surface area (TPSA) is 94.1 Å². The molecule has 0 saturated heterocycles. The van der Waals surface area contributed by atoms with Crippen molar-refractivity contribution in [3.8, 4) is 11.6 Å². The van der Waals surface area contributed by atoms with Gasteiger partial charge in [-0.1, -0.05) is 28.9 Å². The highest BCUT2D eigenvalue weighted by Gasteiger charge is 2.35. The molecule has 0 bridgehead atoms. The minimum atomic E-state index is -3.73. The number of hydrogen-bond acceptors (Lipinski definition) is 6. The van der Waals surface area contributed by atoms with E-state index in [1.54, 1.807) is 22.9 Å². The summed E-state index contributed by atoms with van der Waals surface area (Å²) in [7, 11) is -1.88. The van der Waals surface area contributed by atoms with Crippen LogP contribution in [0.3, 0.4) is 0 Å². The SMILES string of the molecule is Cn1nc(-c2nc(C3CC3)no2)c2c1CCN(S(=O)(=O)c1ccccc1Cl)C2. The molecule has 1 aliphatic heterocycles. The van der Waals surface area contributed by atoms with Crippen molar-refractivity contribution in [1.82, 2.24) is 24.2 Å². The third kappa shape index (κ3) is 2.85. The molecule has 0 N–H and O–H groups in total. The van der Waals surface area contributed by atoms with E-state index < -0.39 is 10.0 Å². The normalized spacial score (nSPS) is 17.6. The second-order valence-corrected chi connectivity index (χ2v) is 9.46. The van der Waals surface area contributed by atoms with Crippen molar-refractivity contribution in [2.45, 2.75) is 36.6 Å². The Labute approximate surface area is 167 Å². The Bertz CT molecular complexity index is 1170. The number of aromatic nitrogens is 4. The molecule has 146 valence electrons. The molecule has 5 rings (SSSR count). The van der Waals surface area contributed by atoms with Gasteiger partial charge >= 0.3 is 0 Å². The second kappa shape index (κ2) is 6.40. The lowest BCUT2D eigenvalue weighted by molar-refractivity contribution is 0.385. The van der Waals surface area contributed by atoms with Crippen molar-refractivity contribution in [2.75, 3.05) is 6.54 Å². The van der Waals surface area contributed by atoms with Crippen molar-refractivity contribution in [2.24, 2.45) is 7.05 Å². The lowest BCUT2D eigenvalue weighted by atomic mass is 10.1. The molecule has 0 atom stereocenters. The molecule has 10 heteroatoms. The van der Waals surface area contributed by atoms with E-state index in [0.717, 1.165) is 24.1 Å². The molecule has 8 nitrogen and oxygen atoms in total. The van der Waals surface area contributed by atoms with Crippen LogP contribution in [-0.2, 0) is 30.0 Å². The molecule has 3 heterocycles. The van der Waals surface area contributed by atoms with Crippen LogP contribution in [0.1, 0.15) is 35.8 Å². The van der Waals surface area contributed by atoms with Crippen LogP contribution >= 0.6 is 11.6 Å². The maximum atomic E-state index is 13.1. The molecule has 28 heavy (non-hydrogen) atoms. The Balaban J connectivity index is 1.52. The summed E-state index contributed by atoms with van der Waals surface area (Å²) in [5.74, 6) is 1.41. The minimum absolute atomic E-state index is 0.111. The van der Waals surface area contributed by atoms with E-state index >= 15 is 0 Å². The van der Waals surface area contributed by atoms with Gasteiger partial charge in [0.15, 0.2) is 11.5 Å². The molecule has 0 spiro atoms. The number of nitrogens with zero attached hydrogens (tertiary/aromatic N) is 5. The predicted octanol–water partition coefficient (Wildman–Crippen LogP) is 2.75. The van der Waals surface area contributed by atoms with Crippen LogP contribution in [-0.4, -0.2) is 39.2 Å². The number of fused-ring (bicyclic) bond motifs is 1. The third-order valence-corrected chi connectivity index (χ3v) is 7.59. The minimum Gasteiger partial charge on any atom is -0.332 e. The van der Waals surface area contributed by atoms with E-state index in [1.165, 1.54) is 10.4 Å². The van der Waals surface area contributed by atoms with E-state index in [-0.39, 0.29) is 16.5 Å². The maximum Gasteiger partial charge on any atom is 0.278 e. The monoisotopic (exact) mass is 419 g/mol. The van der Waals surface area contributed by atoms with Gasteiger partial charge in [-0.15, -0.1) is 0 Å². The zero-order chi connectivity index (χ0) is 19.5. The van der Waals surface area contributed by atoms with Gasteiger partial charge in [-0.05, 0) is 25.0 Å². The first-order valence-electron chi connectivity index (χ1n) is 9.08. The van der Waals surface area contributed by atoms with Crippen molar-refractivity contribution in [3.05, 3.63) is 46.4 Å². The van der Waals surface area contributed by atoms with Crippen LogP contribution in [0.2, 0.25) is 5.02 Å². The van der Waals surface area contributed by atoms with Crippen molar-refractivity contribution >= 4 is 21.6 Å². The molecule has 3 aromatic rings. The number of benzene rings is 1. The Morgan fingerprint density at radius 2 is 2.04 bits per heavy atom. The number of hydrogen-bond donors (Lipinski definition) is 0. The highest BCUT2D eigenvalue weighted by atomic mass is 35.5. The summed E-state index contributed by atoms with van der Waals surface area (Å²) in [5, 5.41) is 8.80. The average molecular weight is 420 g/mol. The van der Waals surface area contributed by atoms with Gasteiger partial charge in [0.2, 0.25) is 10.0 Å². The first-order chi connectivity index (χ1) is 13.4. The van der Waals surface area contributed by atoms with E-state index in [9.17, 15) is 8.42 Å². The van der Waals surface area contributed by atoms with Gasteiger partial charge in [0, 0.05) is 43.7 Å². The highest BCUT2D eigenvalue weighted by molar-refractivity contribution is 7.89. The number of aryl methyl sites for hydroxylation is 1. The second-order valence-electron chi connectivity index (χ2n) is 7.15. The van der Waals surface area contributed by atoms with E-state index in [0.29, 0.717) is 36.3 Å². The Morgan fingerprint density at radius 1 is 1.25 bits per heavy atom. The van der Waals surface area contributed by atoms with Gasteiger partial charge in [0.25, 0.3) is 5.89 Å². The lowest BCUT2D eigenvalue weighted by Crippen LogP contribution is -2.36. The number of rotatable bonds is 4. The van der Waals surface area contributed by atoms with E-state index in [4.69, 9.17) is 16.1 Å². The molecule has 0 radical (unpaired) electrons. The summed E-state index contributed by atoms with van der Waals surface area (Å²) >= 11 is 6.14. The summed E-state index contributed by atoms with van der Waals surface area (Å²) in [6, 6.07) is 6.48. The molecule has 2 aliphatic rings. The molecule has 1 aromatic carbocycles. The van der Waals surface area contributed by atoms with Crippen LogP contribution in [0.5, 0.6) is 0 Å². The zero-order valence-electron chi connectivity index (χ0n) is 15.2. The first kappa shape index (κ1) is 17.8. The van der Waals surface area contributed by atoms with Crippen LogP contribution in [0, 0.1) is 0 Å². The number of sulfonamides is 1. The Hall–Kier alpha value is -2.23. The largest absolute Gasteiger partial charge is 0.332 e. The quantitative estimate of drug-likeness (QED) is 0.645. The van der Waals surface area contributed by atoms with Gasteiger partial charge in [-0.2, -0.15) is 14.4 Å². The molecular weight excluding hydrogens is 402 g/mol. The van der Waals surface area contributed by atoms with E-state index in [1.807, 2.05) is 7.05 Å². The molecule has 1 saturated carbocycles. The molecular formula is C18H18ClN5O3S. The summed E-state index contributed by atoms with van der Waals surface area (Å²) in [4.78, 5) is 4.59. The summed E-state index contributed by atoms with van der Waals surface area (Å²) < 4.78 is 34.9. The number of halogens is 1. The summed E-state index contributed by atoms with van der Waals surface area (Å²) in [6.07, 6.45) is 2.69. The fourth-order valence-corrected chi connectivity index (χ4v) is 5.48. The van der Waals surface area contributed by atoms with Crippen LogP contribution in [0.15, 0.2) is 33.7 Å². The summed E-state index contributed by atoms with van der Waals surface area (Å²) in [6.45, 7) is 0.546. The van der Waals surface area contributed by atoms with E-state index in [2.05, 4.69) is 15.2 Å². The smallest absolute Gasteiger partial charge is 0.278 e. The molecule has 0 amide bonds. The molecule has 1 fully saturated rings. The predicted molar refractivity (Wildman–Crippen MR) is 101 cm³/mol. The van der Waals surface area contributed by atoms with Gasteiger partial charge in [-0.25, -0.2) is 8.42 Å². The molecule has 2 aromatic heterocycles. The van der Waals surface area contributed by atoms with Gasteiger partial charge in [0.1, 0.15) is 4.90 Å². The van der Waals surface area contributed by atoms with Crippen LogP contribution < -0.4 is 0 Å². The maximum absolute atomic E-state index is 13.1. The van der Waals surface area contributed by atoms with Gasteiger partial charge in [-0.3, -0.25) is 4.68 Å². The zero-order valence-corrected chi connectivity index (χ0v) is 16.7. The van der Waals surface area contributed by atoms with Gasteiger partial charge in [0.05, 0.1) is 5.02 Å². The fraction of sp³-hybridized carbons (Fsp3) is 0.389. The van der Waals surface area contributed by atoms with Crippen molar-refractivity contribution in [1.29, 1.82) is 0 Å². The average Bonchev–Trinajstić information content (AvgIpc) is 3.33. The lowest BCUT2D eigenvalue weighted by Gasteiger charge is -2.27. The van der Waals surface area contributed by atoms with Gasteiger partial charge < -0.3 is 4.52 Å². The Morgan fingerprint density at radius 3 is 2.79 bits per heavy atom. The summed E-state index contributed by atoms with van der Waals surface area (Å²) in [5.41, 5.74) is 2.33. The van der Waals surface area contributed by atoms with Crippen LogP contribution in [0.4, 0.5) is 0 Å². The molecule has 0 unspecified atom stereocenters. The fourth-order valence-electron chi connectivity index (χ4n) is 3.58. The van der Waals surface area contributed by atoms with Crippen LogP contribution in [0.25, 0.3) is 11.6 Å². The standard InChI is InChI=1S/C18H18ClN5O3S/c1-23-14-8-9-24(28(25,26)15-5-3-2-4-13(15)19)10-12(14)16(21-23)18-20-17(22-27-18)11-6-7-11/h2-5,11H,6-10H2,1H3. The molecule has 1 aliphatic carbocycles. The third-order valence-electron chi connectivity index (χ3n) is 5.25. The first-order valence-corrected chi connectivity index (χ1v) is 10.9. The Kier molecular flexibility index (Phi) is 4.08. The highest BCUT2D eigenvalue weighted by Crippen LogP contribution is 2.39. The van der Waals surface area contributed by atoms with Crippen molar-refractivity contribution in [3.63, 3.8) is 0 Å².